The number of methoxy groups -OCH3 is 1. The Balaban J connectivity index is 0.00000171. The number of aromatic amines is 1. The molecule has 1 saturated carbocycles. The maximum Gasteiger partial charge on any atom is 0.119 e. The molecule has 4 rings (SSSR count). The number of benzene rings is 2. The van der Waals surface area contributed by atoms with Crippen LogP contribution in [0.15, 0.2) is 54.7 Å². The van der Waals surface area contributed by atoms with Crippen molar-refractivity contribution in [2.24, 2.45) is 0 Å². The number of nitrogens with zero attached hydrogens (tertiary/aromatic N) is 1. The number of aromatic nitrogens is 1. The number of halogens is 2. The average Bonchev–Trinajstić information content (AvgIpc) is 3.17. The molecule has 1 aliphatic carbocycles. The number of fused-ring (bicyclic) bond motifs is 1. The van der Waals surface area contributed by atoms with E-state index in [4.69, 9.17) is 4.74 Å². The Morgan fingerprint density at radius 2 is 1.77 bits per heavy atom. The van der Waals surface area contributed by atoms with Crippen LogP contribution in [0.3, 0.4) is 0 Å². The van der Waals surface area contributed by atoms with E-state index in [1.165, 1.54) is 47.7 Å². The van der Waals surface area contributed by atoms with Gasteiger partial charge in [0.15, 0.2) is 0 Å². The maximum atomic E-state index is 5.39. The van der Waals surface area contributed by atoms with Crippen molar-refractivity contribution in [1.29, 1.82) is 0 Å². The first-order valence-electron chi connectivity index (χ1n) is 10.7. The molecule has 1 fully saturated rings. The highest BCUT2D eigenvalue weighted by Gasteiger charge is 2.38. The van der Waals surface area contributed by atoms with Crippen LogP contribution in [0.4, 0.5) is 0 Å². The molecule has 1 aromatic heterocycles. The van der Waals surface area contributed by atoms with Crippen molar-refractivity contribution in [3.05, 3.63) is 65.9 Å². The molecule has 2 aromatic carbocycles. The third-order valence-electron chi connectivity index (χ3n) is 6.78. The predicted octanol–water partition coefficient (Wildman–Crippen LogP) is 5.55. The van der Waals surface area contributed by atoms with Gasteiger partial charge in [-0.1, -0.05) is 30.3 Å². The van der Waals surface area contributed by atoms with Crippen LogP contribution in [0.25, 0.3) is 10.9 Å². The van der Waals surface area contributed by atoms with E-state index in [9.17, 15) is 0 Å². The molecule has 1 aliphatic rings. The van der Waals surface area contributed by atoms with Crippen LogP contribution in [0, 0.1) is 0 Å². The summed E-state index contributed by atoms with van der Waals surface area (Å²) in [5, 5.41) is 5.09. The highest BCUT2D eigenvalue weighted by Crippen LogP contribution is 2.41. The lowest BCUT2D eigenvalue weighted by Gasteiger charge is -2.45. The Hall–Kier alpha value is -1.72. The van der Waals surface area contributed by atoms with Gasteiger partial charge < -0.3 is 15.0 Å². The van der Waals surface area contributed by atoms with Gasteiger partial charge in [0.1, 0.15) is 5.75 Å². The summed E-state index contributed by atoms with van der Waals surface area (Å²) >= 11 is 0. The maximum absolute atomic E-state index is 5.39. The lowest BCUT2D eigenvalue weighted by Crippen LogP contribution is -2.48. The minimum Gasteiger partial charge on any atom is -0.497 e. The lowest BCUT2D eigenvalue weighted by molar-refractivity contribution is 0.0858. The van der Waals surface area contributed by atoms with Gasteiger partial charge in [-0.2, -0.15) is 0 Å². The highest BCUT2D eigenvalue weighted by molar-refractivity contribution is 5.86. The van der Waals surface area contributed by atoms with E-state index in [1.54, 1.807) is 7.11 Å². The Bertz CT molecular complexity index is 934. The molecule has 0 amide bonds. The topological polar surface area (TPSA) is 40.3 Å². The third-order valence-corrected chi connectivity index (χ3v) is 6.78. The second-order valence-corrected chi connectivity index (χ2v) is 8.50. The summed E-state index contributed by atoms with van der Waals surface area (Å²) in [6.45, 7) is 1.01. The van der Waals surface area contributed by atoms with E-state index in [-0.39, 0.29) is 30.4 Å². The van der Waals surface area contributed by atoms with Crippen molar-refractivity contribution in [2.45, 2.75) is 43.7 Å². The zero-order valence-electron chi connectivity index (χ0n) is 18.7. The average molecular weight is 464 g/mol. The largest absolute Gasteiger partial charge is 0.497 e. The van der Waals surface area contributed by atoms with Crippen LogP contribution >= 0.6 is 24.8 Å². The quantitative estimate of drug-likeness (QED) is 0.482. The Kier molecular flexibility index (Phi) is 9.26. The first kappa shape index (κ1) is 25.5. The SMILES string of the molecule is COc1ccc2[nH]cc(CCNC3CCC(c4ccccc4)(N(C)C)CC3)c2c1.Cl.Cl. The van der Waals surface area contributed by atoms with Crippen molar-refractivity contribution >= 4 is 35.7 Å². The van der Waals surface area contributed by atoms with Gasteiger partial charge in [-0.05, 0) is 82.1 Å². The lowest BCUT2D eigenvalue weighted by atomic mass is 9.74. The van der Waals surface area contributed by atoms with Gasteiger partial charge in [0.2, 0.25) is 0 Å². The number of rotatable bonds is 7. The van der Waals surface area contributed by atoms with Crippen molar-refractivity contribution < 1.29 is 4.74 Å². The molecule has 0 aliphatic heterocycles. The summed E-state index contributed by atoms with van der Waals surface area (Å²) < 4.78 is 5.39. The van der Waals surface area contributed by atoms with E-state index in [0.717, 1.165) is 18.7 Å². The van der Waals surface area contributed by atoms with E-state index in [1.807, 2.05) is 6.07 Å². The van der Waals surface area contributed by atoms with Crippen molar-refractivity contribution in [2.75, 3.05) is 27.7 Å². The third kappa shape index (κ3) is 5.38. The smallest absolute Gasteiger partial charge is 0.119 e. The van der Waals surface area contributed by atoms with E-state index in [0.29, 0.717) is 6.04 Å². The van der Waals surface area contributed by atoms with Crippen LogP contribution in [0.5, 0.6) is 5.75 Å². The molecule has 4 nitrogen and oxygen atoms in total. The first-order valence-corrected chi connectivity index (χ1v) is 10.7. The standard InChI is InChI=1S/C25H33N3O.2ClH/c1-28(2)25(20-7-5-4-6-8-20)14-11-21(12-15-25)26-16-13-19-18-27-24-10-9-22(29-3)17-23(19)24;;/h4-10,17-18,21,26-27H,11-16H2,1-3H3;2*1H. The fraction of sp³-hybridized carbons (Fsp3) is 0.440. The molecule has 0 unspecified atom stereocenters. The number of H-pyrrole nitrogens is 1. The number of hydrogen-bond acceptors (Lipinski definition) is 3. The van der Waals surface area contributed by atoms with Crippen molar-refractivity contribution in [3.8, 4) is 5.75 Å². The molecule has 0 radical (unpaired) electrons. The minimum atomic E-state index is 0. The molecule has 170 valence electrons. The Morgan fingerprint density at radius 3 is 2.42 bits per heavy atom. The van der Waals surface area contributed by atoms with Gasteiger partial charge >= 0.3 is 0 Å². The molecule has 31 heavy (non-hydrogen) atoms. The number of nitrogens with one attached hydrogen (secondary N) is 2. The van der Waals surface area contributed by atoms with E-state index in [2.05, 4.69) is 78.0 Å². The Labute approximate surface area is 198 Å². The first-order chi connectivity index (χ1) is 14.1. The highest BCUT2D eigenvalue weighted by atomic mass is 35.5. The molecule has 2 N–H and O–H groups in total. The van der Waals surface area contributed by atoms with Gasteiger partial charge in [-0.3, -0.25) is 4.90 Å². The van der Waals surface area contributed by atoms with Gasteiger partial charge in [-0.15, -0.1) is 24.8 Å². The van der Waals surface area contributed by atoms with Gasteiger partial charge in [-0.25, -0.2) is 0 Å². The zero-order valence-corrected chi connectivity index (χ0v) is 20.3. The van der Waals surface area contributed by atoms with Crippen molar-refractivity contribution in [3.63, 3.8) is 0 Å². The van der Waals surface area contributed by atoms with E-state index < -0.39 is 0 Å². The summed E-state index contributed by atoms with van der Waals surface area (Å²) in [5.41, 5.74) is 4.16. The fourth-order valence-corrected chi connectivity index (χ4v) is 4.94. The second kappa shape index (κ2) is 11.2. The van der Waals surface area contributed by atoms with Crippen LogP contribution < -0.4 is 10.1 Å². The molecule has 0 saturated heterocycles. The van der Waals surface area contributed by atoms with Crippen LogP contribution in [0.2, 0.25) is 0 Å². The molecular formula is C25H35Cl2N3O. The number of hydrogen-bond donors (Lipinski definition) is 2. The molecule has 0 spiro atoms. The summed E-state index contributed by atoms with van der Waals surface area (Å²) in [6.07, 6.45) is 8.00. The summed E-state index contributed by atoms with van der Waals surface area (Å²) in [7, 11) is 6.18. The molecular weight excluding hydrogens is 429 g/mol. The van der Waals surface area contributed by atoms with Gasteiger partial charge in [0.05, 0.1) is 7.11 Å². The number of ether oxygens (including phenoxy) is 1. The van der Waals surface area contributed by atoms with Crippen LogP contribution in [-0.4, -0.2) is 43.7 Å². The summed E-state index contributed by atoms with van der Waals surface area (Å²) in [6, 6.07) is 17.9. The van der Waals surface area contributed by atoms with E-state index >= 15 is 0 Å². The van der Waals surface area contributed by atoms with Gasteiger partial charge in [0.25, 0.3) is 0 Å². The zero-order chi connectivity index (χ0) is 20.3. The van der Waals surface area contributed by atoms with Crippen LogP contribution in [-0.2, 0) is 12.0 Å². The van der Waals surface area contributed by atoms with Crippen LogP contribution in [0.1, 0.15) is 36.8 Å². The molecule has 3 aromatic rings. The molecule has 1 heterocycles. The fourth-order valence-electron chi connectivity index (χ4n) is 4.94. The summed E-state index contributed by atoms with van der Waals surface area (Å²) in [5.74, 6) is 0.916. The monoisotopic (exact) mass is 463 g/mol. The normalized spacial score (nSPS) is 20.8. The van der Waals surface area contributed by atoms with Gasteiger partial charge in [0, 0.05) is 28.7 Å². The second-order valence-electron chi connectivity index (χ2n) is 8.50. The van der Waals surface area contributed by atoms with Crippen molar-refractivity contribution in [1.82, 2.24) is 15.2 Å². The molecule has 0 bridgehead atoms. The molecule has 6 heteroatoms. The minimum absolute atomic E-state index is 0. The predicted molar refractivity (Wildman–Crippen MR) is 135 cm³/mol. The molecule has 0 atom stereocenters. The summed E-state index contributed by atoms with van der Waals surface area (Å²) in [4.78, 5) is 5.81. The Morgan fingerprint density at radius 1 is 1.06 bits per heavy atom.